The van der Waals surface area contributed by atoms with E-state index in [1.54, 1.807) is 0 Å². The van der Waals surface area contributed by atoms with E-state index in [0.717, 1.165) is 19.4 Å². The van der Waals surface area contributed by atoms with E-state index in [0.29, 0.717) is 12.0 Å². The van der Waals surface area contributed by atoms with Crippen molar-refractivity contribution in [3.63, 3.8) is 0 Å². The quantitative estimate of drug-likeness (QED) is 0.773. The predicted molar refractivity (Wildman–Crippen MR) is 69.8 cm³/mol. The van der Waals surface area contributed by atoms with Gasteiger partial charge in [-0.25, -0.2) is 0 Å². The van der Waals surface area contributed by atoms with Gasteiger partial charge in [0.25, 0.3) is 0 Å². The lowest BCUT2D eigenvalue weighted by molar-refractivity contribution is -0.125. The van der Waals surface area contributed by atoms with Gasteiger partial charge in [-0.05, 0) is 37.1 Å². The molecular formula is C14H26N2O. The summed E-state index contributed by atoms with van der Waals surface area (Å²) < 4.78 is 0. The Balaban J connectivity index is 1.93. The van der Waals surface area contributed by atoms with Crippen LogP contribution in [-0.4, -0.2) is 24.5 Å². The number of rotatable bonds is 2. The first-order chi connectivity index (χ1) is 8.00. The first kappa shape index (κ1) is 12.9. The maximum atomic E-state index is 12.2. The zero-order valence-corrected chi connectivity index (χ0v) is 11.4. The van der Waals surface area contributed by atoms with Crippen molar-refractivity contribution in [2.75, 3.05) is 6.54 Å². The van der Waals surface area contributed by atoms with E-state index in [-0.39, 0.29) is 17.4 Å². The summed E-state index contributed by atoms with van der Waals surface area (Å²) in [4.78, 5) is 12.2. The van der Waals surface area contributed by atoms with E-state index in [9.17, 15) is 4.79 Å². The zero-order valence-electron chi connectivity index (χ0n) is 11.4. The van der Waals surface area contributed by atoms with Gasteiger partial charge in [-0.15, -0.1) is 0 Å². The monoisotopic (exact) mass is 238 g/mol. The molecule has 0 radical (unpaired) electrons. The molecule has 1 amide bonds. The van der Waals surface area contributed by atoms with Crippen LogP contribution in [0.25, 0.3) is 0 Å². The van der Waals surface area contributed by atoms with Gasteiger partial charge in [-0.2, -0.15) is 0 Å². The summed E-state index contributed by atoms with van der Waals surface area (Å²) in [6.07, 6.45) is 6.04. The summed E-state index contributed by atoms with van der Waals surface area (Å²) in [6.45, 7) is 7.70. The van der Waals surface area contributed by atoms with Crippen LogP contribution in [0, 0.1) is 11.3 Å². The molecule has 0 spiro atoms. The van der Waals surface area contributed by atoms with Gasteiger partial charge in [-0.3, -0.25) is 4.79 Å². The molecule has 2 rings (SSSR count). The van der Waals surface area contributed by atoms with Gasteiger partial charge in [0.15, 0.2) is 0 Å². The second kappa shape index (κ2) is 4.97. The third-order valence-electron chi connectivity index (χ3n) is 4.64. The molecule has 1 aliphatic heterocycles. The Morgan fingerprint density at radius 3 is 2.65 bits per heavy atom. The number of carbonyl (C=O) groups is 1. The molecule has 98 valence electrons. The predicted octanol–water partition coefficient (Wildman–Crippen LogP) is 2.07. The maximum absolute atomic E-state index is 12.2. The van der Waals surface area contributed by atoms with E-state index in [1.165, 1.54) is 19.3 Å². The van der Waals surface area contributed by atoms with Gasteiger partial charge in [-0.1, -0.05) is 33.6 Å². The zero-order chi connectivity index (χ0) is 12.5. The topological polar surface area (TPSA) is 41.1 Å². The van der Waals surface area contributed by atoms with Crippen molar-refractivity contribution in [2.24, 2.45) is 11.3 Å². The summed E-state index contributed by atoms with van der Waals surface area (Å²) >= 11 is 0. The first-order valence-electron chi connectivity index (χ1n) is 7.04. The van der Waals surface area contributed by atoms with E-state index in [2.05, 4.69) is 31.4 Å². The van der Waals surface area contributed by atoms with Crippen molar-refractivity contribution < 1.29 is 4.79 Å². The van der Waals surface area contributed by atoms with Gasteiger partial charge in [0.1, 0.15) is 0 Å². The SMILES string of the molecule is CC1CCNC1C(=O)NC1CCCCC1(C)C. The molecular weight excluding hydrogens is 212 g/mol. The summed E-state index contributed by atoms with van der Waals surface area (Å²) in [6, 6.07) is 0.395. The molecule has 1 aliphatic carbocycles. The fraction of sp³-hybridized carbons (Fsp3) is 0.929. The lowest BCUT2D eigenvalue weighted by Crippen LogP contribution is -2.52. The van der Waals surface area contributed by atoms with E-state index >= 15 is 0 Å². The van der Waals surface area contributed by atoms with Crippen molar-refractivity contribution in [3.8, 4) is 0 Å². The molecule has 17 heavy (non-hydrogen) atoms. The largest absolute Gasteiger partial charge is 0.351 e. The third kappa shape index (κ3) is 2.82. The molecule has 1 saturated heterocycles. The lowest BCUT2D eigenvalue weighted by Gasteiger charge is -2.39. The van der Waals surface area contributed by atoms with Crippen LogP contribution in [0.3, 0.4) is 0 Å². The molecule has 3 atom stereocenters. The molecule has 1 saturated carbocycles. The van der Waals surface area contributed by atoms with Crippen molar-refractivity contribution in [2.45, 2.75) is 65.0 Å². The van der Waals surface area contributed by atoms with Crippen LogP contribution in [0.2, 0.25) is 0 Å². The van der Waals surface area contributed by atoms with E-state index < -0.39 is 0 Å². The molecule has 0 bridgehead atoms. The Labute approximate surface area is 105 Å². The molecule has 2 N–H and O–H groups in total. The molecule has 3 heteroatoms. The van der Waals surface area contributed by atoms with Gasteiger partial charge in [0.2, 0.25) is 5.91 Å². The number of carbonyl (C=O) groups excluding carboxylic acids is 1. The molecule has 3 nitrogen and oxygen atoms in total. The molecule has 2 fully saturated rings. The van der Waals surface area contributed by atoms with Gasteiger partial charge < -0.3 is 10.6 Å². The highest BCUT2D eigenvalue weighted by Crippen LogP contribution is 2.35. The summed E-state index contributed by atoms with van der Waals surface area (Å²) in [7, 11) is 0. The first-order valence-corrected chi connectivity index (χ1v) is 7.04. The van der Waals surface area contributed by atoms with Crippen molar-refractivity contribution in [3.05, 3.63) is 0 Å². The number of amides is 1. The van der Waals surface area contributed by atoms with Crippen molar-refractivity contribution >= 4 is 5.91 Å². The van der Waals surface area contributed by atoms with Gasteiger partial charge >= 0.3 is 0 Å². The van der Waals surface area contributed by atoms with Crippen molar-refractivity contribution in [1.29, 1.82) is 0 Å². The van der Waals surface area contributed by atoms with Crippen LogP contribution >= 0.6 is 0 Å². The van der Waals surface area contributed by atoms with Crippen LogP contribution in [0.15, 0.2) is 0 Å². The summed E-state index contributed by atoms with van der Waals surface area (Å²) in [5.74, 6) is 0.691. The normalized spacial score (nSPS) is 36.8. The Morgan fingerprint density at radius 2 is 2.06 bits per heavy atom. The minimum atomic E-state index is 0.0349. The second-order valence-electron chi connectivity index (χ2n) is 6.49. The lowest BCUT2D eigenvalue weighted by atomic mass is 9.73. The molecule has 0 aromatic carbocycles. The Kier molecular flexibility index (Phi) is 3.76. The van der Waals surface area contributed by atoms with Crippen LogP contribution < -0.4 is 10.6 Å². The number of hydrogen-bond donors (Lipinski definition) is 2. The minimum absolute atomic E-state index is 0.0349. The minimum Gasteiger partial charge on any atom is -0.351 e. The third-order valence-corrected chi connectivity index (χ3v) is 4.64. The Morgan fingerprint density at radius 1 is 1.29 bits per heavy atom. The maximum Gasteiger partial charge on any atom is 0.237 e. The van der Waals surface area contributed by atoms with Crippen LogP contribution in [0.5, 0.6) is 0 Å². The molecule has 0 aromatic heterocycles. The summed E-state index contributed by atoms with van der Waals surface area (Å²) in [5, 5.41) is 6.59. The molecule has 0 aromatic rings. The fourth-order valence-electron chi connectivity index (χ4n) is 3.21. The van der Waals surface area contributed by atoms with E-state index in [1.807, 2.05) is 0 Å². The second-order valence-corrected chi connectivity index (χ2v) is 6.49. The standard InChI is InChI=1S/C14H26N2O/c1-10-7-9-15-12(10)13(17)16-11-6-4-5-8-14(11,2)3/h10-12,15H,4-9H2,1-3H3,(H,16,17). The average molecular weight is 238 g/mol. The van der Waals surface area contributed by atoms with Gasteiger partial charge in [0.05, 0.1) is 6.04 Å². The van der Waals surface area contributed by atoms with Crippen molar-refractivity contribution in [1.82, 2.24) is 10.6 Å². The van der Waals surface area contributed by atoms with E-state index in [4.69, 9.17) is 0 Å². The molecule has 3 unspecified atom stereocenters. The highest BCUT2D eigenvalue weighted by atomic mass is 16.2. The Bertz CT molecular complexity index is 288. The number of nitrogens with one attached hydrogen (secondary N) is 2. The molecule has 1 heterocycles. The van der Waals surface area contributed by atoms with Crippen LogP contribution in [0.4, 0.5) is 0 Å². The van der Waals surface area contributed by atoms with Gasteiger partial charge in [0, 0.05) is 6.04 Å². The average Bonchev–Trinajstić information content (AvgIpc) is 2.67. The Hall–Kier alpha value is -0.570. The number of hydrogen-bond acceptors (Lipinski definition) is 2. The summed E-state index contributed by atoms with van der Waals surface area (Å²) in [5.41, 5.74) is 0.260. The molecule has 2 aliphatic rings. The smallest absolute Gasteiger partial charge is 0.237 e. The highest BCUT2D eigenvalue weighted by molar-refractivity contribution is 5.82. The van der Waals surface area contributed by atoms with Crippen LogP contribution in [0.1, 0.15) is 52.9 Å². The fourth-order valence-corrected chi connectivity index (χ4v) is 3.21. The van der Waals surface area contributed by atoms with Crippen LogP contribution in [-0.2, 0) is 4.79 Å². The highest BCUT2D eigenvalue weighted by Gasteiger charge is 2.36.